The van der Waals surface area contributed by atoms with E-state index in [0.29, 0.717) is 11.8 Å². The minimum Gasteiger partial charge on any atom is -0.469 e. The number of rotatable bonds is 1. The van der Waals surface area contributed by atoms with Gasteiger partial charge in [-0.3, -0.25) is 4.79 Å². The second-order valence-electron chi connectivity index (χ2n) is 6.07. The first-order valence-electron chi connectivity index (χ1n) is 7.08. The average molecular weight is 262 g/mol. The summed E-state index contributed by atoms with van der Waals surface area (Å²) in [6, 6.07) is 17.0. The highest BCUT2D eigenvalue weighted by Gasteiger charge is 2.82. The Hall–Kier alpha value is -2.09. The van der Waals surface area contributed by atoms with E-state index in [0.717, 1.165) is 0 Å². The van der Waals surface area contributed by atoms with Crippen molar-refractivity contribution in [2.45, 2.75) is 17.8 Å². The van der Waals surface area contributed by atoms with Crippen molar-refractivity contribution in [1.82, 2.24) is 0 Å². The summed E-state index contributed by atoms with van der Waals surface area (Å²) in [5.74, 6) is 0.805. The van der Waals surface area contributed by atoms with E-state index >= 15 is 0 Å². The zero-order valence-electron chi connectivity index (χ0n) is 11.2. The Labute approximate surface area is 117 Å². The van der Waals surface area contributed by atoms with Crippen molar-refractivity contribution < 1.29 is 9.53 Å². The molecule has 3 aliphatic rings. The van der Waals surface area contributed by atoms with E-state index in [-0.39, 0.29) is 17.3 Å². The van der Waals surface area contributed by atoms with Crippen molar-refractivity contribution in [3.05, 3.63) is 70.8 Å². The molecule has 3 aliphatic carbocycles. The van der Waals surface area contributed by atoms with E-state index in [1.165, 1.54) is 29.4 Å². The Morgan fingerprint density at radius 3 is 1.80 bits per heavy atom. The molecule has 0 amide bonds. The molecule has 0 unspecified atom stereocenters. The SMILES string of the molecule is COC(=O)C12C3c4ccccc4[C@@H]1[C@H]2c1ccccc13. The maximum absolute atomic E-state index is 12.6. The van der Waals surface area contributed by atoms with Crippen LogP contribution in [0, 0.1) is 5.41 Å². The first-order chi connectivity index (χ1) is 9.81. The second-order valence-corrected chi connectivity index (χ2v) is 6.07. The molecule has 0 heterocycles. The topological polar surface area (TPSA) is 26.3 Å². The van der Waals surface area contributed by atoms with Crippen molar-refractivity contribution in [3.63, 3.8) is 0 Å². The number of esters is 1. The van der Waals surface area contributed by atoms with Crippen LogP contribution in [-0.4, -0.2) is 13.1 Å². The molecule has 0 aliphatic heterocycles. The largest absolute Gasteiger partial charge is 0.469 e. The van der Waals surface area contributed by atoms with Gasteiger partial charge in [0.05, 0.1) is 12.5 Å². The third-order valence-electron chi connectivity index (χ3n) is 5.55. The summed E-state index contributed by atoms with van der Waals surface area (Å²) < 4.78 is 5.18. The van der Waals surface area contributed by atoms with Crippen LogP contribution in [0.15, 0.2) is 48.5 Å². The summed E-state index contributed by atoms with van der Waals surface area (Å²) in [4.78, 5) is 12.6. The molecule has 1 saturated carbocycles. The minimum absolute atomic E-state index is 0.0371. The zero-order chi connectivity index (χ0) is 13.5. The molecule has 0 N–H and O–H groups in total. The van der Waals surface area contributed by atoms with Crippen LogP contribution in [0.4, 0.5) is 0 Å². The lowest BCUT2D eigenvalue weighted by molar-refractivity contribution is -0.147. The van der Waals surface area contributed by atoms with Crippen LogP contribution in [0.2, 0.25) is 0 Å². The highest BCUT2D eigenvalue weighted by atomic mass is 16.5. The van der Waals surface area contributed by atoms with Gasteiger partial charge in [0.15, 0.2) is 0 Å². The second kappa shape index (κ2) is 3.14. The lowest BCUT2D eigenvalue weighted by Crippen LogP contribution is -2.23. The van der Waals surface area contributed by atoms with Crippen molar-refractivity contribution in [2.75, 3.05) is 7.11 Å². The van der Waals surface area contributed by atoms with E-state index in [1.54, 1.807) is 0 Å². The predicted molar refractivity (Wildman–Crippen MR) is 74.7 cm³/mol. The van der Waals surface area contributed by atoms with E-state index in [4.69, 9.17) is 4.74 Å². The van der Waals surface area contributed by atoms with E-state index in [2.05, 4.69) is 48.5 Å². The van der Waals surface area contributed by atoms with Gasteiger partial charge >= 0.3 is 5.97 Å². The van der Waals surface area contributed by atoms with Gasteiger partial charge in [-0.05, 0) is 22.3 Å². The zero-order valence-corrected chi connectivity index (χ0v) is 11.2. The number of carbonyl (C=O) groups excluding carboxylic acids is 1. The van der Waals surface area contributed by atoms with Gasteiger partial charge in [-0.15, -0.1) is 0 Å². The number of ether oxygens (including phenoxy) is 1. The quantitative estimate of drug-likeness (QED) is 0.738. The normalized spacial score (nSPS) is 34.1. The molecule has 0 aromatic heterocycles. The van der Waals surface area contributed by atoms with Gasteiger partial charge in [0, 0.05) is 17.8 Å². The summed E-state index contributed by atoms with van der Waals surface area (Å²) in [6.07, 6.45) is 0. The molecule has 1 fully saturated rings. The molecule has 2 atom stereocenters. The number of carbonyl (C=O) groups is 1. The van der Waals surface area contributed by atoms with Crippen molar-refractivity contribution >= 4 is 5.97 Å². The lowest BCUT2D eigenvalue weighted by atomic mass is 9.85. The Bertz CT molecular complexity index is 708. The van der Waals surface area contributed by atoms with Crippen molar-refractivity contribution in [2.24, 2.45) is 5.41 Å². The number of fused-ring (bicyclic) bond motifs is 7. The molecule has 2 aromatic carbocycles. The van der Waals surface area contributed by atoms with Crippen LogP contribution in [-0.2, 0) is 9.53 Å². The number of hydrogen-bond acceptors (Lipinski definition) is 2. The predicted octanol–water partition coefficient (Wildman–Crippen LogP) is 3.19. The van der Waals surface area contributed by atoms with Crippen LogP contribution in [0.3, 0.4) is 0 Å². The monoisotopic (exact) mass is 262 g/mol. The fraction of sp³-hybridized carbons (Fsp3) is 0.278. The van der Waals surface area contributed by atoms with Gasteiger partial charge in [-0.2, -0.15) is 0 Å². The third-order valence-corrected chi connectivity index (χ3v) is 5.55. The van der Waals surface area contributed by atoms with Crippen LogP contribution < -0.4 is 0 Å². The number of hydrogen-bond donors (Lipinski definition) is 0. The van der Waals surface area contributed by atoms with Gasteiger partial charge < -0.3 is 4.74 Å². The van der Waals surface area contributed by atoms with Gasteiger partial charge in [0.25, 0.3) is 0 Å². The molecule has 2 heteroatoms. The van der Waals surface area contributed by atoms with E-state index in [1.807, 2.05) is 0 Å². The molecule has 0 saturated heterocycles. The molecule has 0 bridgehead atoms. The van der Waals surface area contributed by atoms with Gasteiger partial charge in [0.1, 0.15) is 0 Å². The Balaban J connectivity index is 1.84. The van der Waals surface area contributed by atoms with Crippen molar-refractivity contribution in [1.29, 1.82) is 0 Å². The molecule has 2 nitrogen and oxygen atoms in total. The van der Waals surface area contributed by atoms with Gasteiger partial charge in [0.2, 0.25) is 0 Å². The summed E-state index contributed by atoms with van der Waals surface area (Å²) in [5.41, 5.74) is 5.00. The molecule has 2 aromatic rings. The molecule has 98 valence electrons. The Morgan fingerprint density at radius 1 is 0.900 bits per heavy atom. The molecule has 20 heavy (non-hydrogen) atoms. The maximum Gasteiger partial charge on any atom is 0.314 e. The van der Waals surface area contributed by atoms with Crippen LogP contribution >= 0.6 is 0 Å². The minimum atomic E-state index is -0.345. The fourth-order valence-corrected chi connectivity index (χ4v) is 4.98. The molecule has 0 radical (unpaired) electrons. The number of methoxy groups -OCH3 is 1. The van der Waals surface area contributed by atoms with E-state index in [9.17, 15) is 4.79 Å². The Morgan fingerprint density at radius 2 is 1.35 bits per heavy atom. The highest BCUT2D eigenvalue weighted by molar-refractivity contribution is 5.93. The molecular weight excluding hydrogens is 248 g/mol. The van der Waals surface area contributed by atoms with E-state index < -0.39 is 0 Å². The standard InChI is InChI=1S/C18H14O2/c1-20-17(19)18-14-10-6-2-4-8-12(10)15(18)16(18)13-9-5-3-7-11(13)14/h2-9,14-16H,1H3/t14?,15-,16-,18?/m1/s1. The first kappa shape index (κ1) is 10.7. The maximum atomic E-state index is 12.6. The van der Waals surface area contributed by atoms with Gasteiger partial charge in [-0.25, -0.2) is 0 Å². The Kier molecular flexibility index (Phi) is 1.68. The fourth-order valence-electron chi connectivity index (χ4n) is 4.98. The van der Waals surface area contributed by atoms with Crippen LogP contribution in [0.5, 0.6) is 0 Å². The summed E-state index contributed by atoms with van der Waals surface area (Å²) in [7, 11) is 1.51. The summed E-state index contributed by atoms with van der Waals surface area (Å²) in [5, 5.41) is 0. The van der Waals surface area contributed by atoms with Crippen LogP contribution in [0.25, 0.3) is 0 Å². The highest BCUT2D eigenvalue weighted by Crippen LogP contribution is 2.86. The van der Waals surface area contributed by atoms with Crippen LogP contribution in [0.1, 0.15) is 40.0 Å². The lowest BCUT2D eigenvalue weighted by Gasteiger charge is -2.19. The van der Waals surface area contributed by atoms with Crippen molar-refractivity contribution in [3.8, 4) is 0 Å². The molecular formula is C18H14O2. The van der Waals surface area contributed by atoms with Gasteiger partial charge in [-0.1, -0.05) is 48.5 Å². The molecule has 0 spiro atoms. The third kappa shape index (κ3) is 0.866. The summed E-state index contributed by atoms with van der Waals surface area (Å²) in [6.45, 7) is 0. The number of benzene rings is 2. The first-order valence-corrected chi connectivity index (χ1v) is 7.08. The molecule has 5 rings (SSSR count). The summed E-state index contributed by atoms with van der Waals surface area (Å²) >= 11 is 0. The smallest absolute Gasteiger partial charge is 0.314 e. The average Bonchev–Trinajstić information content (AvgIpc) is 3.01.